The van der Waals surface area contributed by atoms with Gasteiger partial charge in [-0.05, 0) is 46.0 Å². The van der Waals surface area contributed by atoms with E-state index in [2.05, 4.69) is 15.3 Å². The molecule has 2 aliphatic rings. The van der Waals surface area contributed by atoms with E-state index in [0.717, 1.165) is 50.6 Å². The lowest BCUT2D eigenvalue weighted by molar-refractivity contribution is 0.0681. The van der Waals surface area contributed by atoms with Gasteiger partial charge in [-0.3, -0.25) is 4.21 Å². The first-order valence-electron chi connectivity index (χ1n) is 10.2. The van der Waals surface area contributed by atoms with E-state index in [-0.39, 0.29) is 18.3 Å². The van der Waals surface area contributed by atoms with Crippen molar-refractivity contribution < 1.29 is 27.8 Å². The molecule has 1 aromatic heterocycles. The number of nitrogens with one attached hydrogen (secondary N) is 1. The third-order valence-electron chi connectivity index (χ3n) is 4.80. The molecule has 0 spiro atoms. The molecule has 30 heavy (non-hydrogen) atoms. The van der Waals surface area contributed by atoms with Crippen LogP contribution in [0, 0.1) is 6.92 Å². The van der Waals surface area contributed by atoms with Crippen molar-refractivity contribution in [2.24, 2.45) is 0 Å². The number of rotatable bonds is 5. The Labute approximate surface area is 180 Å². The van der Waals surface area contributed by atoms with Crippen molar-refractivity contribution in [1.82, 2.24) is 20.2 Å². The van der Waals surface area contributed by atoms with Crippen LogP contribution in [0.2, 0.25) is 0 Å². The van der Waals surface area contributed by atoms with E-state index >= 15 is 0 Å². The number of piperidine rings is 2. The molecule has 0 aromatic carbocycles. The van der Waals surface area contributed by atoms with E-state index in [1.54, 1.807) is 4.90 Å². The zero-order valence-electron chi connectivity index (χ0n) is 17.8. The maximum absolute atomic E-state index is 11.8. The first kappa shape index (κ1) is 24.3. The Kier molecular flexibility index (Phi) is 10.2. The molecular formula is C19H31N4O6S-. The van der Waals surface area contributed by atoms with Crippen LogP contribution in [0.4, 0.5) is 4.79 Å². The molecular weight excluding hydrogens is 412 g/mol. The Bertz CT molecular complexity index is 690. The molecule has 10 nitrogen and oxygen atoms in total. The zero-order valence-corrected chi connectivity index (χ0v) is 18.6. The number of ether oxygens (including phenoxy) is 3. The molecule has 1 amide bonds. The molecule has 3 rings (SSSR count). The van der Waals surface area contributed by atoms with Gasteiger partial charge in [0.25, 0.3) is 0 Å². The van der Waals surface area contributed by atoms with Gasteiger partial charge in [-0.25, -0.2) is 14.8 Å². The van der Waals surface area contributed by atoms with Gasteiger partial charge in [0, 0.05) is 25.9 Å². The monoisotopic (exact) mass is 443 g/mol. The zero-order chi connectivity index (χ0) is 21.9. The first-order valence-corrected chi connectivity index (χ1v) is 11.7. The van der Waals surface area contributed by atoms with Crippen molar-refractivity contribution in [1.29, 1.82) is 0 Å². The minimum atomic E-state index is -1.86. The summed E-state index contributed by atoms with van der Waals surface area (Å²) in [7, 11) is 0. The molecule has 0 aliphatic carbocycles. The largest absolute Gasteiger partial charge is 0.773 e. The minimum absolute atomic E-state index is 0.0287. The van der Waals surface area contributed by atoms with Crippen LogP contribution in [0.3, 0.4) is 0 Å². The number of nitrogens with zero attached hydrogens (tertiary/aromatic N) is 3. The van der Waals surface area contributed by atoms with Gasteiger partial charge in [0.2, 0.25) is 11.8 Å². The molecule has 2 saturated heterocycles. The number of carbonyl (C=O) groups excluding carboxylic acids is 1. The minimum Gasteiger partial charge on any atom is -0.773 e. The fraction of sp³-hybridized carbons (Fsp3) is 0.737. The highest BCUT2D eigenvalue weighted by Crippen LogP contribution is 2.27. The molecule has 170 valence electrons. The Morgan fingerprint density at radius 1 is 1.17 bits per heavy atom. The Morgan fingerprint density at radius 2 is 1.67 bits per heavy atom. The summed E-state index contributed by atoms with van der Waals surface area (Å²) in [6.45, 7) is 7.34. The average molecular weight is 444 g/mol. The Hall–Kier alpha value is -1.98. The van der Waals surface area contributed by atoms with Crippen molar-refractivity contribution in [2.45, 2.75) is 51.7 Å². The van der Waals surface area contributed by atoms with Gasteiger partial charge in [-0.2, -0.15) is 0 Å². The van der Waals surface area contributed by atoms with Gasteiger partial charge in [0.05, 0.1) is 12.2 Å². The average Bonchev–Trinajstić information content (AvgIpc) is 2.72. The van der Waals surface area contributed by atoms with Gasteiger partial charge in [-0.15, -0.1) is 0 Å². The van der Waals surface area contributed by atoms with E-state index in [9.17, 15) is 4.79 Å². The van der Waals surface area contributed by atoms with Crippen LogP contribution in [-0.2, 0) is 15.8 Å². The lowest BCUT2D eigenvalue weighted by Crippen LogP contribution is -2.42. The predicted octanol–water partition coefficient (Wildman–Crippen LogP) is 1.41. The summed E-state index contributed by atoms with van der Waals surface area (Å²) in [5, 5.41) is 3.33. The fourth-order valence-electron chi connectivity index (χ4n) is 3.26. The lowest BCUT2D eigenvalue weighted by atomic mass is 10.1. The van der Waals surface area contributed by atoms with Crippen LogP contribution >= 0.6 is 0 Å². The van der Waals surface area contributed by atoms with E-state index in [4.69, 9.17) is 23.0 Å². The third kappa shape index (κ3) is 8.04. The van der Waals surface area contributed by atoms with Crippen molar-refractivity contribution in [3.63, 3.8) is 0 Å². The van der Waals surface area contributed by atoms with Crippen LogP contribution < -0.4 is 14.8 Å². The first-order chi connectivity index (χ1) is 14.4. The summed E-state index contributed by atoms with van der Waals surface area (Å²) >= 11 is -1.86. The van der Waals surface area contributed by atoms with Gasteiger partial charge in [0.15, 0.2) is 0 Å². The number of aromatic nitrogens is 2. The molecule has 1 aromatic rings. The SMILES string of the molecule is CCOC(=O)N1CCC(Oc2ncnc(OC3CCNCC3)c2C)CC1.CS(=O)[O-]. The summed E-state index contributed by atoms with van der Waals surface area (Å²) in [6.07, 6.45) is 6.01. The summed E-state index contributed by atoms with van der Waals surface area (Å²) in [5.74, 6) is 1.17. The molecule has 3 heterocycles. The lowest BCUT2D eigenvalue weighted by Gasteiger charge is -2.31. The van der Waals surface area contributed by atoms with E-state index in [1.807, 2.05) is 13.8 Å². The highest BCUT2D eigenvalue weighted by atomic mass is 32.2. The van der Waals surface area contributed by atoms with Gasteiger partial charge in [-0.1, -0.05) is 11.1 Å². The number of hydrogen-bond acceptors (Lipinski definition) is 9. The third-order valence-corrected chi connectivity index (χ3v) is 4.80. The molecule has 11 heteroatoms. The predicted molar refractivity (Wildman–Crippen MR) is 110 cm³/mol. The molecule has 2 fully saturated rings. The maximum atomic E-state index is 11.8. The normalized spacial score (nSPS) is 18.7. The second-order valence-corrected chi connectivity index (χ2v) is 7.88. The summed E-state index contributed by atoms with van der Waals surface area (Å²) < 4.78 is 35.2. The van der Waals surface area contributed by atoms with E-state index in [0.29, 0.717) is 31.5 Å². The van der Waals surface area contributed by atoms with Crippen molar-refractivity contribution in [3.05, 3.63) is 11.9 Å². The Morgan fingerprint density at radius 3 is 2.17 bits per heavy atom. The number of carbonyl (C=O) groups is 1. The highest BCUT2D eigenvalue weighted by Gasteiger charge is 2.26. The summed E-state index contributed by atoms with van der Waals surface area (Å²) in [5.41, 5.74) is 0.832. The molecule has 1 unspecified atom stereocenters. The molecule has 1 N–H and O–H groups in total. The maximum Gasteiger partial charge on any atom is 0.409 e. The summed E-state index contributed by atoms with van der Waals surface area (Å²) in [6, 6.07) is 0. The second kappa shape index (κ2) is 12.7. The standard InChI is InChI=1S/C18H28N4O4.CH4O2S/c1-3-24-18(23)22-10-6-15(7-11-22)26-17-13(2)16(20-12-21-17)25-14-4-8-19-9-5-14;1-4(2)3/h12,14-15,19H,3-11H2,1-2H3;1H3,(H,2,3)/p-1. The molecule has 0 radical (unpaired) electrons. The van der Waals surface area contributed by atoms with Crippen LogP contribution in [0.5, 0.6) is 11.8 Å². The highest BCUT2D eigenvalue weighted by molar-refractivity contribution is 7.78. The van der Waals surface area contributed by atoms with Crippen LogP contribution in [0.25, 0.3) is 0 Å². The van der Waals surface area contributed by atoms with Crippen molar-refractivity contribution in [2.75, 3.05) is 39.0 Å². The van der Waals surface area contributed by atoms with Crippen molar-refractivity contribution in [3.8, 4) is 11.8 Å². The molecule has 0 saturated carbocycles. The molecule has 2 aliphatic heterocycles. The molecule has 1 atom stereocenters. The fourth-order valence-corrected chi connectivity index (χ4v) is 3.26. The van der Waals surface area contributed by atoms with Crippen molar-refractivity contribution >= 4 is 17.2 Å². The van der Waals surface area contributed by atoms with Crippen LogP contribution in [-0.4, -0.2) is 81.0 Å². The quantitative estimate of drug-likeness (QED) is 0.672. The van der Waals surface area contributed by atoms with E-state index in [1.165, 1.54) is 6.33 Å². The van der Waals surface area contributed by atoms with E-state index < -0.39 is 11.1 Å². The van der Waals surface area contributed by atoms with Gasteiger partial charge in [0.1, 0.15) is 18.5 Å². The smallest absolute Gasteiger partial charge is 0.409 e. The van der Waals surface area contributed by atoms with Crippen LogP contribution in [0.1, 0.15) is 38.2 Å². The number of likely N-dealkylation sites (tertiary alicyclic amines) is 1. The summed E-state index contributed by atoms with van der Waals surface area (Å²) in [4.78, 5) is 22.1. The van der Waals surface area contributed by atoms with Gasteiger partial charge < -0.3 is 29.0 Å². The number of amides is 1. The Balaban J connectivity index is 0.000000735. The topological polar surface area (TPSA) is 126 Å². The number of hydrogen-bond donors (Lipinski definition) is 1. The van der Waals surface area contributed by atoms with Crippen LogP contribution in [0.15, 0.2) is 6.33 Å². The second-order valence-electron chi connectivity index (χ2n) is 7.08. The van der Waals surface area contributed by atoms with Gasteiger partial charge >= 0.3 is 6.09 Å². The molecule has 0 bridgehead atoms.